The maximum absolute atomic E-state index is 10.2. The summed E-state index contributed by atoms with van der Waals surface area (Å²) in [5.41, 5.74) is 0. The topological polar surface area (TPSA) is 46.5 Å². The molecule has 0 amide bonds. The average Bonchev–Trinajstić information content (AvgIpc) is 1.98. The highest BCUT2D eigenvalue weighted by Crippen LogP contribution is 2.17. The van der Waals surface area contributed by atoms with Gasteiger partial charge >= 0.3 is 5.97 Å². The molecular weight excluding hydrogens is 176 g/mol. The second-order valence-corrected chi connectivity index (χ2v) is 2.29. The van der Waals surface area contributed by atoms with Gasteiger partial charge in [0.15, 0.2) is 0 Å². The van der Waals surface area contributed by atoms with Crippen molar-refractivity contribution in [3.05, 3.63) is 10.2 Å². The molecule has 0 aromatic carbocycles. The predicted octanol–water partition coefficient (Wildman–Crippen LogP) is 0.708. The van der Waals surface area contributed by atoms with Gasteiger partial charge < -0.3 is 9.84 Å². The fraction of sp³-hybridized carbons (Fsp3) is 0.250. The van der Waals surface area contributed by atoms with E-state index < -0.39 is 5.97 Å². The van der Waals surface area contributed by atoms with Crippen LogP contribution in [0, 0.1) is 0 Å². The van der Waals surface area contributed by atoms with E-state index in [0.717, 1.165) is 0 Å². The van der Waals surface area contributed by atoms with Crippen molar-refractivity contribution in [2.75, 3.05) is 6.61 Å². The predicted molar refractivity (Wildman–Crippen MR) is 29.5 cm³/mol. The Morgan fingerprint density at radius 3 is 2.50 bits per heavy atom. The van der Waals surface area contributed by atoms with Crippen LogP contribution >= 0.6 is 15.9 Å². The number of aliphatic hydroxyl groups is 1. The van der Waals surface area contributed by atoms with E-state index in [1.54, 1.807) is 0 Å². The highest BCUT2D eigenvalue weighted by molar-refractivity contribution is 9.11. The highest BCUT2D eigenvalue weighted by Gasteiger charge is 2.21. The van der Waals surface area contributed by atoms with Gasteiger partial charge in [0.25, 0.3) is 0 Å². The van der Waals surface area contributed by atoms with Crippen molar-refractivity contribution in [3.63, 3.8) is 0 Å². The third-order valence-corrected chi connectivity index (χ3v) is 1.38. The summed E-state index contributed by atoms with van der Waals surface area (Å²) in [7, 11) is 0. The van der Waals surface area contributed by atoms with Gasteiger partial charge in [-0.05, 0) is 15.9 Å². The number of hydrogen-bond donors (Lipinski definition) is 1. The molecule has 1 rings (SSSR count). The molecule has 8 heavy (non-hydrogen) atoms. The van der Waals surface area contributed by atoms with Gasteiger partial charge in [-0.1, -0.05) is 0 Å². The number of halogens is 1. The lowest BCUT2D eigenvalue weighted by Gasteiger charge is -1.84. The normalized spacial score (nSPS) is 19.4. The number of ether oxygens (including phenoxy) is 1. The number of hydrogen-bond acceptors (Lipinski definition) is 3. The molecule has 3 nitrogen and oxygen atoms in total. The monoisotopic (exact) mass is 178 g/mol. The van der Waals surface area contributed by atoms with Crippen molar-refractivity contribution in [2.24, 2.45) is 0 Å². The summed E-state index contributed by atoms with van der Waals surface area (Å²) in [6, 6.07) is 0. The van der Waals surface area contributed by atoms with E-state index in [1.165, 1.54) is 0 Å². The molecule has 1 aliphatic heterocycles. The Labute approximate surface area is 54.1 Å². The van der Waals surface area contributed by atoms with E-state index in [1.807, 2.05) is 0 Å². The number of rotatable bonds is 0. The molecule has 1 N–H and O–H groups in total. The number of aliphatic hydroxyl groups excluding tert-OH is 1. The Bertz CT molecular complexity index is 161. The molecule has 0 fully saturated rings. The molecule has 0 aliphatic carbocycles. The zero-order valence-electron chi connectivity index (χ0n) is 3.85. The molecule has 0 atom stereocenters. The van der Waals surface area contributed by atoms with Crippen molar-refractivity contribution in [1.29, 1.82) is 0 Å². The molecule has 0 spiro atoms. The number of carbonyl (C=O) groups is 1. The minimum Gasteiger partial charge on any atom is -0.501 e. The van der Waals surface area contributed by atoms with Gasteiger partial charge in [-0.2, -0.15) is 0 Å². The summed E-state index contributed by atoms with van der Waals surface area (Å²) in [6.45, 7) is 0.157. The van der Waals surface area contributed by atoms with E-state index in [0.29, 0.717) is 4.48 Å². The molecule has 1 heterocycles. The second kappa shape index (κ2) is 1.78. The summed E-state index contributed by atoms with van der Waals surface area (Å²) in [4.78, 5) is 10.2. The van der Waals surface area contributed by atoms with Gasteiger partial charge in [-0.3, -0.25) is 0 Å². The summed E-state index contributed by atoms with van der Waals surface area (Å²) >= 11 is 2.93. The van der Waals surface area contributed by atoms with Crippen LogP contribution in [0.2, 0.25) is 0 Å². The number of carbonyl (C=O) groups excluding carboxylic acids is 1. The zero-order chi connectivity index (χ0) is 6.15. The Morgan fingerprint density at radius 2 is 2.38 bits per heavy atom. The van der Waals surface area contributed by atoms with E-state index in [9.17, 15) is 4.79 Å². The first-order chi connectivity index (χ1) is 3.72. The van der Waals surface area contributed by atoms with Crippen LogP contribution in [0.5, 0.6) is 0 Å². The van der Waals surface area contributed by atoms with Gasteiger partial charge in [-0.15, -0.1) is 0 Å². The van der Waals surface area contributed by atoms with Gasteiger partial charge in [-0.25, -0.2) is 4.79 Å². The van der Waals surface area contributed by atoms with Crippen LogP contribution in [-0.4, -0.2) is 17.7 Å². The second-order valence-electron chi connectivity index (χ2n) is 1.33. The Kier molecular flexibility index (Phi) is 1.25. The standard InChI is InChI=1S/C4H3BrO3/c5-2-1-8-4(7)3(2)6/h6H,1H2. The van der Waals surface area contributed by atoms with Crippen molar-refractivity contribution in [3.8, 4) is 0 Å². The van der Waals surface area contributed by atoms with E-state index in [2.05, 4.69) is 20.7 Å². The third kappa shape index (κ3) is 0.709. The van der Waals surface area contributed by atoms with Crippen LogP contribution in [0.4, 0.5) is 0 Å². The van der Waals surface area contributed by atoms with E-state index in [-0.39, 0.29) is 12.4 Å². The highest BCUT2D eigenvalue weighted by atomic mass is 79.9. The zero-order valence-corrected chi connectivity index (χ0v) is 5.43. The molecule has 1 aliphatic rings. The van der Waals surface area contributed by atoms with Crippen LogP contribution in [0.25, 0.3) is 0 Å². The minimum absolute atomic E-state index is 0.157. The van der Waals surface area contributed by atoms with Crippen molar-refractivity contribution in [1.82, 2.24) is 0 Å². The van der Waals surface area contributed by atoms with E-state index >= 15 is 0 Å². The molecular formula is C4H3BrO3. The Balaban J connectivity index is 2.86. The summed E-state index contributed by atoms with van der Waals surface area (Å²) in [5.74, 6) is -0.970. The van der Waals surface area contributed by atoms with Gasteiger partial charge in [0.1, 0.15) is 6.61 Å². The molecule has 0 aromatic rings. The lowest BCUT2D eigenvalue weighted by atomic mass is 10.5. The first-order valence-electron chi connectivity index (χ1n) is 1.96. The van der Waals surface area contributed by atoms with Crippen LogP contribution < -0.4 is 0 Å². The van der Waals surface area contributed by atoms with Crippen LogP contribution in [0.1, 0.15) is 0 Å². The molecule has 0 saturated carbocycles. The maximum Gasteiger partial charge on any atom is 0.374 e. The lowest BCUT2D eigenvalue weighted by molar-refractivity contribution is -0.138. The van der Waals surface area contributed by atoms with Crippen molar-refractivity contribution < 1.29 is 14.6 Å². The number of esters is 1. The first-order valence-corrected chi connectivity index (χ1v) is 2.76. The lowest BCUT2D eigenvalue weighted by Crippen LogP contribution is -1.96. The van der Waals surface area contributed by atoms with Crippen molar-refractivity contribution >= 4 is 21.9 Å². The van der Waals surface area contributed by atoms with Crippen LogP contribution in [-0.2, 0) is 9.53 Å². The average molecular weight is 179 g/mol. The molecule has 0 unspecified atom stereocenters. The largest absolute Gasteiger partial charge is 0.501 e. The summed E-state index contributed by atoms with van der Waals surface area (Å²) in [6.07, 6.45) is 0. The molecule has 4 heteroatoms. The van der Waals surface area contributed by atoms with Crippen molar-refractivity contribution in [2.45, 2.75) is 0 Å². The fourth-order valence-electron chi connectivity index (χ4n) is 0.376. The smallest absolute Gasteiger partial charge is 0.374 e. The van der Waals surface area contributed by atoms with E-state index in [4.69, 9.17) is 5.11 Å². The number of cyclic esters (lactones) is 1. The molecule has 44 valence electrons. The maximum atomic E-state index is 10.2. The Hall–Kier alpha value is -0.510. The van der Waals surface area contributed by atoms with Gasteiger partial charge in [0.05, 0.1) is 4.48 Å². The summed E-state index contributed by atoms with van der Waals surface area (Å²) in [5, 5.41) is 8.62. The van der Waals surface area contributed by atoms with Gasteiger partial charge in [0.2, 0.25) is 5.76 Å². The van der Waals surface area contributed by atoms with Crippen LogP contribution in [0.3, 0.4) is 0 Å². The minimum atomic E-state index is -0.656. The van der Waals surface area contributed by atoms with Crippen LogP contribution in [0.15, 0.2) is 10.2 Å². The molecule has 0 saturated heterocycles. The summed E-state index contributed by atoms with van der Waals surface area (Å²) < 4.78 is 4.79. The molecule has 0 radical (unpaired) electrons. The fourth-order valence-corrected chi connectivity index (χ4v) is 0.653. The SMILES string of the molecule is O=C1OCC(Br)=C1O. The first kappa shape index (κ1) is 5.62. The quantitative estimate of drug-likeness (QED) is 0.557. The van der Waals surface area contributed by atoms with Gasteiger partial charge in [0, 0.05) is 0 Å². The molecule has 0 aromatic heterocycles. The molecule has 0 bridgehead atoms. The third-order valence-electron chi connectivity index (χ3n) is 0.780. The Morgan fingerprint density at radius 1 is 1.75 bits per heavy atom.